The van der Waals surface area contributed by atoms with Gasteiger partial charge in [-0.15, -0.1) is 0 Å². The Morgan fingerprint density at radius 1 is 0.846 bits per heavy atom. The van der Waals surface area contributed by atoms with Crippen LogP contribution in [0.2, 0.25) is 0 Å². The molecule has 2 unspecified atom stereocenters. The number of fused-ring (bicyclic) bond motifs is 3. The number of unbranched alkanes of at least 4 members (excludes halogenated alkanes) is 9. The lowest BCUT2D eigenvalue weighted by Gasteiger charge is -2.47. The fourth-order valence-electron chi connectivity index (χ4n) is 11.6. The zero-order valence-electron chi connectivity index (χ0n) is 40.1. The molecule has 8 rings (SSSR count). The SMILES string of the molecule is COc1cc(N2CCN(CCCCCCCCCCCCNC(=O)CC3(C)CC4CC(C)CC(C4)C3)CC2)ccc1Nc1ncc2c(C)cc(=O)n(-c3cccc(NCC4CC4)c3)c2n1. The van der Waals surface area contributed by atoms with Crippen molar-refractivity contribution >= 4 is 40.0 Å². The van der Waals surface area contributed by atoms with Crippen LogP contribution in [0.4, 0.5) is 23.0 Å². The van der Waals surface area contributed by atoms with Crippen LogP contribution in [0.25, 0.3) is 16.7 Å². The summed E-state index contributed by atoms with van der Waals surface area (Å²) in [7, 11) is 1.70. The van der Waals surface area contributed by atoms with E-state index in [9.17, 15) is 9.59 Å². The number of nitrogens with zero attached hydrogens (tertiary/aromatic N) is 5. The van der Waals surface area contributed by atoms with Crippen LogP contribution in [0.15, 0.2) is 59.5 Å². The number of rotatable bonds is 23. The second-order valence-corrected chi connectivity index (χ2v) is 21.0. The predicted molar refractivity (Wildman–Crippen MR) is 267 cm³/mol. The number of aromatic nitrogens is 3. The Kier molecular flexibility index (Phi) is 16.0. The van der Waals surface area contributed by atoms with Gasteiger partial charge in [-0.3, -0.25) is 19.1 Å². The lowest BCUT2D eigenvalue weighted by atomic mass is 9.58. The third-order valence-corrected chi connectivity index (χ3v) is 15.0. The molecular weight excluding hydrogens is 809 g/mol. The Balaban J connectivity index is 0.700. The van der Waals surface area contributed by atoms with Crippen LogP contribution in [-0.2, 0) is 4.79 Å². The third-order valence-electron chi connectivity index (χ3n) is 15.0. The van der Waals surface area contributed by atoms with Gasteiger partial charge in [0.2, 0.25) is 11.9 Å². The maximum Gasteiger partial charge on any atom is 0.257 e. The Morgan fingerprint density at radius 2 is 1.55 bits per heavy atom. The van der Waals surface area contributed by atoms with Gasteiger partial charge in [0.15, 0.2) is 5.65 Å². The first-order chi connectivity index (χ1) is 31.6. The van der Waals surface area contributed by atoms with Crippen molar-refractivity contribution in [1.82, 2.24) is 24.8 Å². The van der Waals surface area contributed by atoms with E-state index in [-0.39, 0.29) is 16.9 Å². The minimum absolute atomic E-state index is 0.126. The van der Waals surface area contributed by atoms with Crippen LogP contribution in [0.1, 0.15) is 135 Å². The number of anilines is 4. The molecule has 11 heteroatoms. The van der Waals surface area contributed by atoms with Crippen molar-refractivity contribution in [1.29, 1.82) is 0 Å². The van der Waals surface area contributed by atoms with E-state index in [1.807, 2.05) is 37.3 Å². The molecule has 3 N–H and O–H groups in total. The van der Waals surface area contributed by atoms with Gasteiger partial charge in [0, 0.05) is 80.8 Å². The molecule has 2 bridgehead atoms. The maximum atomic E-state index is 13.5. The Morgan fingerprint density at radius 3 is 2.26 bits per heavy atom. The van der Waals surface area contributed by atoms with Gasteiger partial charge in [-0.1, -0.05) is 71.3 Å². The van der Waals surface area contributed by atoms with E-state index < -0.39 is 0 Å². The predicted octanol–water partition coefficient (Wildman–Crippen LogP) is 11.0. The van der Waals surface area contributed by atoms with Crippen LogP contribution < -0.4 is 31.1 Å². The number of amides is 1. The first-order valence-corrected chi connectivity index (χ1v) is 25.5. The monoisotopic (exact) mass is 887 g/mol. The molecule has 0 radical (unpaired) electrons. The maximum absolute atomic E-state index is 13.5. The molecule has 3 saturated carbocycles. The average molecular weight is 887 g/mol. The highest BCUT2D eigenvalue weighted by Crippen LogP contribution is 2.51. The second-order valence-electron chi connectivity index (χ2n) is 21.0. The summed E-state index contributed by atoms with van der Waals surface area (Å²) in [5.41, 5.74) is 5.18. The first kappa shape index (κ1) is 46.9. The number of methoxy groups -OCH3 is 1. The number of hydrogen-bond acceptors (Lipinski definition) is 9. The van der Waals surface area contributed by atoms with Crippen molar-refractivity contribution < 1.29 is 9.53 Å². The van der Waals surface area contributed by atoms with E-state index in [4.69, 9.17) is 9.72 Å². The van der Waals surface area contributed by atoms with Crippen molar-refractivity contribution in [3.05, 3.63) is 70.6 Å². The van der Waals surface area contributed by atoms with Crippen molar-refractivity contribution in [3.63, 3.8) is 0 Å². The van der Waals surface area contributed by atoms with E-state index in [0.717, 1.165) is 115 Å². The van der Waals surface area contributed by atoms with Gasteiger partial charge in [0.1, 0.15) is 5.75 Å². The lowest BCUT2D eigenvalue weighted by Crippen LogP contribution is -2.46. The fraction of sp³-hybridized carbons (Fsp3) is 0.630. The minimum Gasteiger partial charge on any atom is -0.494 e. The molecule has 4 aliphatic rings. The van der Waals surface area contributed by atoms with Crippen LogP contribution in [0, 0.1) is 36.0 Å². The molecule has 11 nitrogen and oxygen atoms in total. The van der Waals surface area contributed by atoms with Crippen LogP contribution in [0.3, 0.4) is 0 Å². The highest BCUT2D eigenvalue weighted by atomic mass is 16.5. The van der Waals surface area contributed by atoms with E-state index in [0.29, 0.717) is 11.6 Å². The third kappa shape index (κ3) is 13.0. The summed E-state index contributed by atoms with van der Waals surface area (Å²) in [6.45, 7) is 13.8. The molecule has 1 saturated heterocycles. The number of aryl methyl sites for hydroxylation is 1. The Labute approximate surface area is 388 Å². The highest BCUT2D eigenvalue weighted by Gasteiger charge is 2.41. The summed E-state index contributed by atoms with van der Waals surface area (Å²) in [6.07, 6.45) is 24.6. The first-order valence-electron chi connectivity index (χ1n) is 25.5. The van der Waals surface area contributed by atoms with Gasteiger partial charge in [0.25, 0.3) is 5.56 Å². The lowest BCUT2D eigenvalue weighted by molar-refractivity contribution is -0.124. The van der Waals surface area contributed by atoms with E-state index >= 15 is 0 Å². The highest BCUT2D eigenvalue weighted by molar-refractivity contribution is 5.81. The molecule has 2 aromatic carbocycles. The van der Waals surface area contributed by atoms with Gasteiger partial charge < -0.3 is 25.6 Å². The minimum atomic E-state index is -0.126. The number of piperazine rings is 1. The van der Waals surface area contributed by atoms with Gasteiger partial charge in [-0.25, -0.2) is 4.98 Å². The standard InChI is InChI=1S/C54H78N8O3/c1-39-28-42-31-43(29-39)35-54(3,34-42)36-50(63)55-22-13-11-9-7-5-6-8-10-12-14-23-60-24-26-61(27-25-60)45-20-21-48(49(33-45)65-4)58-53-57-38-47-40(2)30-51(64)62(52(47)59-53)46-17-15-16-44(32-46)56-37-41-18-19-41/h15-17,20-21,30,32-33,38-39,41-43,56H,5-14,18-19,22-29,31,34-37H2,1-4H3,(H,55,63)(H,57,58,59). The molecular formula is C54H78N8O3. The molecule has 1 aliphatic heterocycles. The average Bonchev–Trinajstić information content (AvgIpc) is 4.12. The number of benzene rings is 2. The quantitative estimate of drug-likeness (QED) is 0.0626. The Bertz CT molecular complexity index is 2230. The molecule has 3 heterocycles. The van der Waals surface area contributed by atoms with Crippen LogP contribution >= 0.6 is 0 Å². The summed E-state index contributed by atoms with van der Waals surface area (Å²) >= 11 is 0. The van der Waals surface area contributed by atoms with Crippen molar-refractivity contribution in [2.24, 2.45) is 29.1 Å². The van der Waals surface area contributed by atoms with Crippen molar-refractivity contribution in [2.75, 3.05) is 68.5 Å². The van der Waals surface area contributed by atoms with Crippen LogP contribution in [0.5, 0.6) is 5.75 Å². The summed E-state index contributed by atoms with van der Waals surface area (Å²) in [4.78, 5) is 40.9. The van der Waals surface area contributed by atoms with Gasteiger partial charge >= 0.3 is 0 Å². The second kappa shape index (κ2) is 22.2. The van der Waals surface area contributed by atoms with Crippen molar-refractivity contribution in [2.45, 2.75) is 136 Å². The van der Waals surface area contributed by atoms with Gasteiger partial charge in [0.05, 0.1) is 18.5 Å². The molecule has 65 heavy (non-hydrogen) atoms. The van der Waals surface area contributed by atoms with E-state index in [1.165, 1.54) is 109 Å². The summed E-state index contributed by atoms with van der Waals surface area (Å²) in [5.74, 6) is 4.73. The largest absolute Gasteiger partial charge is 0.494 e. The van der Waals surface area contributed by atoms with E-state index in [2.05, 4.69) is 56.7 Å². The number of hydrogen-bond donors (Lipinski definition) is 3. The molecule has 4 aromatic rings. The molecule has 2 atom stereocenters. The molecule has 4 fully saturated rings. The molecule has 3 aliphatic carbocycles. The van der Waals surface area contributed by atoms with Crippen LogP contribution in [-0.4, -0.2) is 78.3 Å². The number of carbonyl (C=O) groups is 1. The number of nitrogens with one attached hydrogen (secondary N) is 3. The molecule has 1 amide bonds. The summed E-state index contributed by atoms with van der Waals surface area (Å²) in [6, 6.07) is 15.9. The molecule has 0 spiro atoms. The summed E-state index contributed by atoms with van der Waals surface area (Å²) < 4.78 is 7.56. The summed E-state index contributed by atoms with van der Waals surface area (Å²) in [5, 5.41) is 11.0. The number of carbonyl (C=O) groups excluding carboxylic acids is 1. The van der Waals surface area contributed by atoms with Gasteiger partial charge in [-0.2, -0.15) is 4.98 Å². The van der Waals surface area contributed by atoms with E-state index in [1.54, 1.807) is 23.9 Å². The molecule has 2 aromatic heterocycles. The van der Waals surface area contributed by atoms with Crippen molar-refractivity contribution in [3.8, 4) is 11.4 Å². The normalized spacial score (nSPS) is 22.2. The molecule has 352 valence electrons. The van der Waals surface area contributed by atoms with Gasteiger partial charge in [-0.05, 0) is 136 Å². The zero-order valence-corrected chi connectivity index (χ0v) is 40.1. The number of ether oxygens (including phenoxy) is 1. The number of pyridine rings is 1. The fourth-order valence-corrected chi connectivity index (χ4v) is 11.6. The Hall–Kier alpha value is -4.64. The zero-order chi connectivity index (χ0) is 45.2. The smallest absolute Gasteiger partial charge is 0.257 e. The topological polar surface area (TPSA) is 117 Å².